The Morgan fingerprint density at radius 3 is 2.35 bits per heavy atom. The first-order valence-electron chi connectivity index (χ1n) is 17.3. The van der Waals surface area contributed by atoms with Gasteiger partial charge in [-0.2, -0.15) is 0 Å². The van der Waals surface area contributed by atoms with Crippen molar-refractivity contribution in [3.63, 3.8) is 0 Å². The maximum absolute atomic E-state index is 15.0. The number of ether oxygens (including phenoxy) is 2. The van der Waals surface area contributed by atoms with Crippen LogP contribution in [0.25, 0.3) is 28.0 Å². The second kappa shape index (κ2) is 16.5. The predicted molar refractivity (Wildman–Crippen MR) is 198 cm³/mol. The summed E-state index contributed by atoms with van der Waals surface area (Å²) in [5, 5.41) is 18.4. The van der Waals surface area contributed by atoms with E-state index in [0.717, 1.165) is 89.1 Å². The molecule has 0 saturated carbocycles. The number of carboxylic acids is 1. The van der Waals surface area contributed by atoms with E-state index in [2.05, 4.69) is 27.8 Å². The van der Waals surface area contributed by atoms with Crippen molar-refractivity contribution in [3.05, 3.63) is 70.1 Å². The Morgan fingerprint density at radius 1 is 1.04 bits per heavy atom. The van der Waals surface area contributed by atoms with E-state index in [9.17, 15) is 14.3 Å². The first kappa shape index (κ1) is 38.3. The average Bonchev–Trinajstić information content (AvgIpc) is 3.50. The van der Waals surface area contributed by atoms with Crippen molar-refractivity contribution in [1.82, 2.24) is 9.38 Å². The van der Waals surface area contributed by atoms with Crippen molar-refractivity contribution in [3.8, 4) is 28.1 Å². The molecule has 6 bridgehead atoms. The largest absolute Gasteiger partial charge is 0.490 e. The number of hydrogen-bond donors (Lipinski definition) is 2. The molecule has 0 aliphatic carbocycles. The summed E-state index contributed by atoms with van der Waals surface area (Å²) in [4.78, 5) is 19.3. The second-order valence-corrected chi connectivity index (χ2v) is 14.5. The van der Waals surface area contributed by atoms with E-state index < -0.39 is 11.6 Å². The number of carbonyl (C=O) groups is 1. The molecule has 0 unspecified atom stereocenters. The number of nitrogens with zero attached hydrogens (tertiary/aromatic N) is 3. The molecule has 2 N–H and O–H groups in total. The minimum Gasteiger partial charge on any atom is -0.490 e. The molecule has 2 aromatic heterocycles. The highest BCUT2D eigenvalue weighted by atomic mass is 79.9. The molecule has 0 radical (unpaired) electrons. The number of carboxylic acid groups (broad SMARTS) is 1. The van der Waals surface area contributed by atoms with E-state index in [-0.39, 0.29) is 23.6 Å². The van der Waals surface area contributed by atoms with E-state index in [1.165, 1.54) is 6.07 Å². The molecule has 266 valence electrons. The van der Waals surface area contributed by atoms with Gasteiger partial charge in [-0.15, -0.1) is 0 Å². The smallest absolute Gasteiger partial charge is 0.307 e. The Morgan fingerprint density at radius 2 is 1.67 bits per heavy atom. The Kier molecular flexibility index (Phi) is 12.9. The maximum atomic E-state index is 15.0. The Balaban J connectivity index is 0.000000710. The number of pyridine rings is 1. The number of aliphatic hydroxyl groups is 1. The van der Waals surface area contributed by atoms with Gasteiger partial charge in [-0.1, -0.05) is 44.2 Å². The topological polar surface area (TPSA) is 96.5 Å². The zero-order valence-electron chi connectivity index (χ0n) is 29.9. The Bertz CT molecular complexity index is 1730. The summed E-state index contributed by atoms with van der Waals surface area (Å²) >= 11 is 3.73. The molecule has 3 aliphatic rings. The highest BCUT2D eigenvalue weighted by molar-refractivity contribution is 9.10. The number of para-hydroxylation sites is 1. The van der Waals surface area contributed by atoms with E-state index in [4.69, 9.17) is 19.6 Å². The first-order chi connectivity index (χ1) is 23.2. The van der Waals surface area contributed by atoms with Crippen LogP contribution in [-0.2, 0) is 16.0 Å². The van der Waals surface area contributed by atoms with Gasteiger partial charge in [0.25, 0.3) is 0 Å². The average molecular weight is 741 g/mol. The maximum Gasteiger partial charge on any atom is 0.307 e. The van der Waals surface area contributed by atoms with Gasteiger partial charge in [-0.05, 0) is 106 Å². The quantitative estimate of drug-likeness (QED) is 0.212. The van der Waals surface area contributed by atoms with Crippen LogP contribution in [0.15, 0.2) is 53.1 Å². The van der Waals surface area contributed by atoms with E-state index >= 15 is 0 Å². The van der Waals surface area contributed by atoms with E-state index in [1.807, 2.05) is 61.7 Å². The SMILES string of the molecule is CC.CC(C)(C)O.Cc1c(CC(=O)O)c2n3cc(nc3c1Br)-c1cccc(c1)-c1cccc(F)c1OCCCCCOC1(C)CCN2CC1. The van der Waals surface area contributed by atoms with Crippen molar-refractivity contribution in [1.29, 1.82) is 0 Å². The molecular weight excluding hydrogens is 689 g/mol. The summed E-state index contributed by atoms with van der Waals surface area (Å²) in [7, 11) is 0. The Labute approximate surface area is 298 Å². The number of imidazole rings is 1. The number of piperidine rings is 1. The number of aliphatic carboxylic acids is 1. The lowest BCUT2D eigenvalue weighted by Gasteiger charge is -2.41. The van der Waals surface area contributed by atoms with E-state index in [0.29, 0.717) is 18.8 Å². The number of fused-ring (bicyclic) bond motifs is 8. The van der Waals surface area contributed by atoms with Crippen LogP contribution in [-0.4, -0.2) is 63.1 Å². The molecule has 0 spiro atoms. The van der Waals surface area contributed by atoms with Crippen LogP contribution >= 0.6 is 15.9 Å². The molecule has 1 saturated heterocycles. The van der Waals surface area contributed by atoms with Crippen LogP contribution in [0.4, 0.5) is 10.2 Å². The number of hydrogen-bond acceptors (Lipinski definition) is 6. The summed E-state index contributed by atoms with van der Waals surface area (Å²) in [5.74, 6) is -0.144. The molecule has 0 atom stereocenters. The number of anilines is 1. The van der Waals surface area contributed by atoms with Gasteiger partial charge in [0.1, 0.15) is 5.82 Å². The third-order valence-corrected chi connectivity index (χ3v) is 9.50. The van der Waals surface area contributed by atoms with Gasteiger partial charge >= 0.3 is 5.97 Å². The van der Waals surface area contributed by atoms with Gasteiger partial charge in [-0.25, -0.2) is 9.37 Å². The minimum atomic E-state index is -0.877. The normalized spacial score (nSPS) is 16.1. The van der Waals surface area contributed by atoms with Gasteiger partial charge in [0.2, 0.25) is 0 Å². The van der Waals surface area contributed by atoms with Gasteiger partial charge in [-0.3, -0.25) is 9.20 Å². The van der Waals surface area contributed by atoms with Crippen LogP contribution in [0.5, 0.6) is 5.75 Å². The highest BCUT2D eigenvalue weighted by Crippen LogP contribution is 2.39. The standard InChI is InChI=1S/C33H35BrFN3O4.C4H10O.C2H6/c1-21-25(19-28(39)40)32-37-14-12-33(2,13-15-37)42-17-5-3-4-16-41-30-24(10-7-11-26(30)35)22-8-6-9-23(18-22)27-20-38(32)31(36-27)29(21)34;1-4(2,3)5;1-2/h6-11,18,20H,3-5,12-17,19H2,1-2H3,(H,39,40);5H,1-3H3;1-2H3. The van der Waals surface area contributed by atoms with Gasteiger partial charge in [0, 0.05) is 42.6 Å². The number of rotatable bonds is 2. The van der Waals surface area contributed by atoms with E-state index in [1.54, 1.807) is 26.8 Å². The molecule has 3 aliphatic heterocycles. The molecule has 7 rings (SSSR count). The van der Waals surface area contributed by atoms with Crippen molar-refractivity contribution in [2.75, 3.05) is 31.2 Å². The third kappa shape index (κ3) is 9.61. The molecule has 5 heterocycles. The lowest BCUT2D eigenvalue weighted by Crippen LogP contribution is -2.45. The molecule has 4 aromatic rings. The summed E-state index contributed by atoms with van der Waals surface area (Å²) in [6, 6.07) is 12.9. The fourth-order valence-electron chi connectivity index (χ4n) is 6.09. The lowest BCUT2D eigenvalue weighted by atomic mass is 9.92. The minimum absolute atomic E-state index is 0.0919. The highest BCUT2D eigenvalue weighted by Gasteiger charge is 2.33. The number of halogens is 2. The Hall–Kier alpha value is -3.47. The molecular formula is C39H51BrFN3O5. The zero-order valence-corrected chi connectivity index (χ0v) is 31.5. The molecule has 1 fully saturated rings. The molecule has 0 amide bonds. The van der Waals surface area contributed by atoms with Crippen molar-refractivity contribution in [2.24, 2.45) is 0 Å². The predicted octanol–water partition coefficient (Wildman–Crippen LogP) is 9.25. The van der Waals surface area contributed by atoms with Gasteiger partial charge in [0.15, 0.2) is 17.2 Å². The first-order valence-corrected chi connectivity index (χ1v) is 18.1. The van der Waals surface area contributed by atoms with Crippen LogP contribution in [0.1, 0.15) is 84.8 Å². The van der Waals surface area contributed by atoms with Crippen LogP contribution in [0, 0.1) is 12.7 Å². The van der Waals surface area contributed by atoms with Gasteiger partial charge in [0.05, 0.1) is 34.4 Å². The summed E-state index contributed by atoms with van der Waals surface area (Å²) in [5.41, 5.74) is 4.76. The van der Waals surface area contributed by atoms with Crippen molar-refractivity contribution >= 4 is 33.4 Å². The number of benzene rings is 2. The monoisotopic (exact) mass is 739 g/mol. The summed E-state index contributed by atoms with van der Waals surface area (Å²) < 4.78 is 30.2. The molecule has 10 heteroatoms. The summed E-state index contributed by atoms with van der Waals surface area (Å²) in [6.45, 7) is 15.9. The fourth-order valence-corrected chi connectivity index (χ4v) is 6.61. The second-order valence-electron chi connectivity index (χ2n) is 13.7. The zero-order chi connectivity index (χ0) is 35.9. The fraction of sp³-hybridized carbons (Fsp3) is 0.487. The van der Waals surface area contributed by atoms with Crippen LogP contribution < -0.4 is 9.64 Å². The lowest BCUT2D eigenvalue weighted by molar-refractivity contribution is -0.136. The summed E-state index contributed by atoms with van der Waals surface area (Å²) in [6.07, 6.45) is 6.19. The number of aromatic nitrogens is 2. The molecule has 8 nitrogen and oxygen atoms in total. The molecule has 2 aromatic carbocycles. The van der Waals surface area contributed by atoms with Crippen molar-refractivity contribution in [2.45, 2.75) is 98.2 Å². The van der Waals surface area contributed by atoms with Crippen LogP contribution in [0.2, 0.25) is 0 Å². The molecule has 49 heavy (non-hydrogen) atoms. The van der Waals surface area contributed by atoms with Crippen LogP contribution in [0.3, 0.4) is 0 Å². The van der Waals surface area contributed by atoms with Gasteiger partial charge < -0.3 is 24.6 Å². The van der Waals surface area contributed by atoms with Crippen molar-refractivity contribution < 1.29 is 28.9 Å². The third-order valence-electron chi connectivity index (χ3n) is 8.55.